The Balaban J connectivity index is 1.97. The van der Waals surface area contributed by atoms with E-state index >= 15 is 0 Å². The number of rotatable bonds is 7. The molecule has 1 atom stereocenters. The smallest absolute Gasteiger partial charge is 0.368 e. The van der Waals surface area contributed by atoms with Crippen LogP contribution in [0.1, 0.15) is 43.2 Å². The molecule has 0 aliphatic carbocycles. The number of hydrogen-bond acceptors (Lipinski definition) is 8. The van der Waals surface area contributed by atoms with Gasteiger partial charge in [-0.05, 0) is 45.4 Å². The van der Waals surface area contributed by atoms with Crippen molar-refractivity contribution >= 4 is 40.2 Å². The zero-order valence-electron chi connectivity index (χ0n) is 18.9. The lowest BCUT2D eigenvalue weighted by molar-refractivity contribution is -0.144. The number of carbonyl (C=O) groups is 2. The summed E-state index contributed by atoms with van der Waals surface area (Å²) < 4.78 is 40.1. The maximum Gasteiger partial charge on any atom is 0.391 e. The summed E-state index contributed by atoms with van der Waals surface area (Å²) in [6, 6.07) is 1.67. The van der Waals surface area contributed by atoms with Crippen molar-refractivity contribution in [3.63, 3.8) is 0 Å². The van der Waals surface area contributed by atoms with Gasteiger partial charge in [0.25, 0.3) is 5.91 Å². The molecule has 0 bridgehead atoms. The minimum Gasteiger partial charge on any atom is -0.368 e. The molecular formula is C20H24F3N9O2. The molecule has 11 nitrogen and oxygen atoms in total. The number of aryl methyl sites for hydroxylation is 1. The van der Waals surface area contributed by atoms with Crippen LogP contribution in [0.4, 0.5) is 30.6 Å². The first-order valence-corrected chi connectivity index (χ1v) is 10.1. The topological polar surface area (TPSA) is 167 Å². The van der Waals surface area contributed by atoms with Crippen molar-refractivity contribution < 1.29 is 22.8 Å². The maximum atomic E-state index is 12.8. The number of anilines is 3. The van der Waals surface area contributed by atoms with Gasteiger partial charge in [0.05, 0.1) is 17.5 Å². The van der Waals surface area contributed by atoms with E-state index in [2.05, 4.69) is 30.9 Å². The van der Waals surface area contributed by atoms with Gasteiger partial charge in [0.1, 0.15) is 6.04 Å². The van der Waals surface area contributed by atoms with Gasteiger partial charge in [0, 0.05) is 17.3 Å². The highest BCUT2D eigenvalue weighted by molar-refractivity contribution is 5.96. The van der Waals surface area contributed by atoms with Crippen molar-refractivity contribution in [2.24, 2.45) is 11.5 Å². The fraction of sp³-hybridized carbons (Fsp3) is 0.400. The summed E-state index contributed by atoms with van der Waals surface area (Å²) in [5.41, 5.74) is 11.9. The Morgan fingerprint density at radius 1 is 1.15 bits per heavy atom. The van der Waals surface area contributed by atoms with E-state index in [0.29, 0.717) is 5.69 Å². The van der Waals surface area contributed by atoms with Crippen LogP contribution in [0.3, 0.4) is 0 Å². The number of amides is 2. The Kier molecular flexibility index (Phi) is 6.35. The molecule has 0 aliphatic heterocycles. The van der Waals surface area contributed by atoms with Crippen LogP contribution >= 0.6 is 0 Å². The fourth-order valence-corrected chi connectivity index (χ4v) is 3.11. The molecule has 14 heteroatoms. The number of hydrogen-bond donors (Lipinski definition) is 4. The summed E-state index contributed by atoms with van der Waals surface area (Å²) >= 11 is 0. The number of aromatic nitrogens is 5. The van der Waals surface area contributed by atoms with Crippen molar-refractivity contribution in [1.82, 2.24) is 25.0 Å². The number of fused-ring (bicyclic) bond motifs is 1. The Hall–Kier alpha value is -3.97. The van der Waals surface area contributed by atoms with Crippen molar-refractivity contribution in [3.8, 4) is 0 Å². The van der Waals surface area contributed by atoms with Crippen LogP contribution in [-0.2, 0) is 10.3 Å². The largest absolute Gasteiger partial charge is 0.391 e. The van der Waals surface area contributed by atoms with E-state index in [1.165, 1.54) is 0 Å². The van der Waals surface area contributed by atoms with Crippen LogP contribution in [0.25, 0.3) is 10.9 Å². The summed E-state index contributed by atoms with van der Waals surface area (Å²) in [5.74, 6) is -2.83. The molecule has 34 heavy (non-hydrogen) atoms. The number of nitrogens with one attached hydrogen (secondary N) is 2. The van der Waals surface area contributed by atoms with E-state index in [1.807, 2.05) is 38.6 Å². The van der Waals surface area contributed by atoms with Crippen LogP contribution in [0.2, 0.25) is 0 Å². The molecule has 3 aromatic rings. The van der Waals surface area contributed by atoms with E-state index in [9.17, 15) is 22.8 Å². The van der Waals surface area contributed by atoms with Crippen LogP contribution in [0.15, 0.2) is 18.3 Å². The SMILES string of the molecule is Cc1cc(Nc2nc(N[C@@H](CC(F)(F)F)C(N)=O)nnc2C(N)=O)cc2cn(C(C)(C)C)nc12. The van der Waals surface area contributed by atoms with Crippen molar-refractivity contribution in [2.45, 2.75) is 51.9 Å². The second kappa shape index (κ2) is 8.76. The lowest BCUT2D eigenvalue weighted by Gasteiger charge is -2.18. The monoisotopic (exact) mass is 479 g/mol. The minimum atomic E-state index is -4.67. The van der Waals surface area contributed by atoms with Crippen molar-refractivity contribution in [3.05, 3.63) is 29.6 Å². The minimum absolute atomic E-state index is 0.165. The Labute approximate surface area is 192 Å². The number of alkyl halides is 3. The highest BCUT2D eigenvalue weighted by Gasteiger charge is 2.35. The number of nitrogens with zero attached hydrogens (tertiary/aromatic N) is 5. The number of carbonyl (C=O) groups excluding carboxylic acids is 2. The van der Waals surface area contributed by atoms with Gasteiger partial charge in [-0.2, -0.15) is 23.3 Å². The van der Waals surface area contributed by atoms with Gasteiger partial charge in [-0.25, -0.2) is 0 Å². The Bertz CT molecular complexity index is 1250. The zero-order valence-corrected chi connectivity index (χ0v) is 18.9. The third-order valence-corrected chi connectivity index (χ3v) is 4.75. The summed E-state index contributed by atoms with van der Waals surface area (Å²) in [4.78, 5) is 27.3. The number of nitrogens with two attached hydrogens (primary N) is 2. The van der Waals surface area contributed by atoms with E-state index in [-0.39, 0.29) is 17.1 Å². The van der Waals surface area contributed by atoms with Gasteiger partial charge in [-0.15, -0.1) is 10.2 Å². The van der Waals surface area contributed by atoms with Crippen LogP contribution in [0.5, 0.6) is 0 Å². The summed E-state index contributed by atoms with van der Waals surface area (Å²) in [6.07, 6.45) is -4.35. The van der Waals surface area contributed by atoms with E-state index in [4.69, 9.17) is 11.5 Å². The molecular weight excluding hydrogens is 455 g/mol. The molecule has 2 aromatic heterocycles. The molecule has 0 aliphatic rings. The van der Waals surface area contributed by atoms with Gasteiger partial charge in [0.15, 0.2) is 11.5 Å². The standard InChI is InChI=1S/C20H24F3N9O2/c1-9-5-11(6-10-8-32(19(2,3)4)31-13(9)10)26-17-14(16(25)34)29-30-18(28-17)27-12(15(24)33)7-20(21,22)23/h5-6,8,12H,7H2,1-4H3,(H2,24,33)(H2,25,34)(H2,26,27,28,30)/t12-/m0/s1. The average Bonchev–Trinajstić information content (AvgIpc) is 3.11. The Morgan fingerprint density at radius 2 is 1.82 bits per heavy atom. The molecule has 2 amide bonds. The second-order valence-corrected chi connectivity index (χ2v) is 8.72. The van der Waals surface area contributed by atoms with Crippen molar-refractivity contribution in [2.75, 3.05) is 10.6 Å². The van der Waals surface area contributed by atoms with E-state index in [0.717, 1.165) is 16.5 Å². The molecule has 2 heterocycles. The highest BCUT2D eigenvalue weighted by atomic mass is 19.4. The van der Waals surface area contributed by atoms with Crippen LogP contribution in [-0.4, -0.2) is 49.0 Å². The predicted octanol–water partition coefficient (Wildman–Crippen LogP) is 2.35. The molecule has 0 fully saturated rings. The summed E-state index contributed by atoms with van der Waals surface area (Å²) in [5, 5.41) is 17.7. The van der Waals surface area contributed by atoms with Gasteiger partial charge in [-0.1, -0.05) is 0 Å². The van der Waals surface area contributed by atoms with Gasteiger partial charge in [0.2, 0.25) is 11.9 Å². The first-order chi connectivity index (χ1) is 15.6. The highest BCUT2D eigenvalue weighted by Crippen LogP contribution is 2.28. The number of primary amides is 2. The van der Waals surface area contributed by atoms with E-state index in [1.54, 1.807) is 12.1 Å². The molecule has 0 saturated carbocycles. The van der Waals surface area contributed by atoms with Crippen LogP contribution in [0, 0.1) is 6.92 Å². The molecule has 182 valence electrons. The molecule has 0 radical (unpaired) electrons. The zero-order chi connectivity index (χ0) is 25.4. The number of benzene rings is 1. The quantitative estimate of drug-likeness (QED) is 0.401. The molecule has 0 unspecified atom stereocenters. The lowest BCUT2D eigenvalue weighted by Crippen LogP contribution is -2.39. The first kappa shape index (κ1) is 24.7. The maximum absolute atomic E-state index is 12.8. The van der Waals surface area contributed by atoms with E-state index < -0.39 is 36.4 Å². The molecule has 1 aromatic carbocycles. The van der Waals surface area contributed by atoms with Crippen molar-refractivity contribution in [1.29, 1.82) is 0 Å². The second-order valence-electron chi connectivity index (χ2n) is 8.72. The number of halogens is 3. The molecule has 0 saturated heterocycles. The van der Waals surface area contributed by atoms with Crippen LogP contribution < -0.4 is 22.1 Å². The lowest BCUT2D eigenvalue weighted by atomic mass is 10.1. The predicted molar refractivity (Wildman–Crippen MR) is 118 cm³/mol. The third-order valence-electron chi connectivity index (χ3n) is 4.75. The van der Waals surface area contributed by atoms with Gasteiger partial charge < -0.3 is 22.1 Å². The summed E-state index contributed by atoms with van der Waals surface area (Å²) in [7, 11) is 0. The Morgan fingerprint density at radius 3 is 2.38 bits per heavy atom. The molecule has 3 rings (SSSR count). The molecule has 6 N–H and O–H groups in total. The van der Waals surface area contributed by atoms with Gasteiger partial charge >= 0.3 is 6.18 Å². The average molecular weight is 479 g/mol. The third kappa shape index (κ3) is 5.68. The summed E-state index contributed by atoms with van der Waals surface area (Å²) in [6.45, 7) is 7.87. The fourth-order valence-electron chi connectivity index (χ4n) is 3.11. The first-order valence-electron chi connectivity index (χ1n) is 10.1. The molecule has 0 spiro atoms. The normalized spacial score (nSPS) is 13.0. The van der Waals surface area contributed by atoms with Gasteiger partial charge in [-0.3, -0.25) is 14.3 Å².